The van der Waals surface area contributed by atoms with Crippen molar-refractivity contribution in [3.63, 3.8) is 0 Å². The van der Waals surface area contributed by atoms with Crippen LogP contribution in [0.4, 0.5) is 0 Å². The summed E-state index contributed by atoms with van der Waals surface area (Å²) >= 11 is 0. The molecule has 12 atom stereocenters. The van der Waals surface area contributed by atoms with E-state index in [9.17, 15) is 45.6 Å². The lowest BCUT2D eigenvalue weighted by Crippen LogP contribution is -2.65. The molecular weight excluding hydrogens is 883 g/mol. The van der Waals surface area contributed by atoms with Crippen LogP contribution >= 0.6 is 0 Å². The Labute approximate surface area is 413 Å². The molecule has 0 aromatic heterocycles. The Balaban J connectivity index is 1.87. The smallest absolute Gasteiger partial charge is 0.220 e. The van der Waals surface area contributed by atoms with Gasteiger partial charge < -0.3 is 65.1 Å². The molecule has 0 spiro atoms. The Morgan fingerprint density at radius 1 is 0.536 bits per heavy atom. The van der Waals surface area contributed by atoms with E-state index < -0.39 is 86.8 Å². The van der Waals surface area contributed by atoms with Crippen LogP contribution in [0.1, 0.15) is 149 Å². The number of aliphatic hydroxyl groups is 8. The van der Waals surface area contributed by atoms with E-state index in [1.54, 1.807) is 6.08 Å². The van der Waals surface area contributed by atoms with E-state index in [-0.39, 0.29) is 18.9 Å². The van der Waals surface area contributed by atoms with Gasteiger partial charge in [0.2, 0.25) is 5.91 Å². The normalized spacial score (nSPS) is 27.0. The van der Waals surface area contributed by atoms with E-state index in [1.165, 1.54) is 51.4 Å². The van der Waals surface area contributed by atoms with Gasteiger partial charge in [-0.25, -0.2) is 0 Å². The quantitative estimate of drug-likeness (QED) is 0.0222. The molecule has 9 N–H and O–H groups in total. The number of carbonyl (C=O) groups is 1. The van der Waals surface area contributed by atoms with Crippen molar-refractivity contribution in [1.82, 2.24) is 5.32 Å². The van der Waals surface area contributed by atoms with Crippen LogP contribution in [0.2, 0.25) is 0 Å². The fourth-order valence-corrected chi connectivity index (χ4v) is 7.78. The van der Waals surface area contributed by atoms with Gasteiger partial charge in [-0.3, -0.25) is 4.79 Å². The first-order valence-corrected chi connectivity index (χ1v) is 26.0. The van der Waals surface area contributed by atoms with E-state index in [4.69, 9.17) is 18.9 Å². The number of hydrogen-bond donors (Lipinski definition) is 9. The molecule has 2 rings (SSSR count). The monoisotopic (exact) mass is 974 g/mol. The zero-order valence-corrected chi connectivity index (χ0v) is 41.8. The highest BCUT2D eigenvalue weighted by Crippen LogP contribution is 2.30. The molecule has 12 unspecified atom stereocenters. The van der Waals surface area contributed by atoms with E-state index in [0.717, 1.165) is 64.2 Å². The maximum atomic E-state index is 13.2. The maximum absolute atomic E-state index is 13.2. The number of hydrogen-bond acceptors (Lipinski definition) is 13. The molecule has 14 nitrogen and oxygen atoms in total. The molecule has 2 saturated heterocycles. The number of rotatable bonds is 38. The van der Waals surface area contributed by atoms with E-state index in [2.05, 4.69) is 104 Å². The zero-order chi connectivity index (χ0) is 50.3. The lowest BCUT2D eigenvalue weighted by molar-refractivity contribution is -0.359. The van der Waals surface area contributed by atoms with Crippen molar-refractivity contribution < 1.29 is 64.6 Å². The SMILES string of the molecule is CC/C=C\C/C=C\C/C=C\C/C=C\C/C=C\C/C=C\CCCCC(=O)NC(COC1OC(CO)C(OC2OC(CO)C(O)C(O)C2O)C(O)C1O)C(O)/C=C/CC/C=C/CCCCCCCCCC. The molecule has 0 aromatic carbocycles. The molecule has 0 bridgehead atoms. The first-order chi connectivity index (χ1) is 33.6. The summed E-state index contributed by atoms with van der Waals surface area (Å²) in [5, 5.41) is 86.7. The van der Waals surface area contributed by atoms with Gasteiger partial charge in [0.05, 0.1) is 32.0 Å². The Hall–Kier alpha value is -3.09. The third-order valence-electron chi connectivity index (χ3n) is 12.0. The van der Waals surface area contributed by atoms with Crippen LogP contribution in [0.25, 0.3) is 0 Å². The van der Waals surface area contributed by atoms with Crippen molar-refractivity contribution in [1.29, 1.82) is 0 Å². The average Bonchev–Trinajstić information content (AvgIpc) is 3.35. The van der Waals surface area contributed by atoms with Crippen molar-refractivity contribution in [3.8, 4) is 0 Å². The summed E-state index contributed by atoms with van der Waals surface area (Å²) in [6, 6.07) is -0.960. The summed E-state index contributed by atoms with van der Waals surface area (Å²) in [5.41, 5.74) is 0. The zero-order valence-electron chi connectivity index (χ0n) is 41.8. The van der Waals surface area contributed by atoms with Gasteiger partial charge in [-0.15, -0.1) is 0 Å². The molecule has 69 heavy (non-hydrogen) atoms. The third kappa shape index (κ3) is 27.4. The number of nitrogens with one attached hydrogen (secondary N) is 1. The highest BCUT2D eigenvalue weighted by Gasteiger charge is 2.51. The average molecular weight is 974 g/mol. The van der Waals surface area contributed by atoms with E-state index >= 15 is 0 Å². The second-order valence-electron chi connectivity index (χ2n) is 17.9. The van der Waals surface area contributed by atoms with Gasteiger partial charge in [0, 0.05) is 6.42 Å². The first kappa shape index (κ1) is 62.0. The number of ether oxygens (including phenoxy) is 4. The molecular formula is C55H91NO13. The van der Waals surface area contributed by atoms with E-state index in [0.29, 0.717) is 12.8 Å². The fourth-order valence-electron chi connectivity index (χ4n) is 7.78. The number of allylic oxidation sites excluding steroid dienone is 15. The van der Waals surface area contributed by atoms with Gasteiger partial charge in [0.25, 0.3) is 0 Å². The number of amides is 1. The largest absolute Gasteiger partial charge is 0.394 e. The van der Waals surface area contributed by atoms with Crippen LogP contribution in [-0.2, 0) is 23.7 Å². The van der Waals surface area contributed by atoms with Crippen molar-refractivity contribution in [2.45, 2.75) is 222 Å². The van der Waals surface area contributed by atoms with Gasteiger partial charge in [-0.1, -0.05) is 156 Å². The van der Waals surface area contributed by atoms with Crippen molar-refractivity contribution in [2.24, 2.45) is 0 Å². The summed E-state index contributed by atoms with van der Waals surface area (Å²) in [4.78, 5) is 13.2. The minimum Gasteiger partial charge on any atom is -0.394 e. The van der Waals surface area contributed by atoms with Gasteiger partial charge in [-0.2, -0.15) is 0 Å². The van der Waals surface area contributed by atoms with Crippen molar-refractivity contribution in [2.75, 3.05) is 19.8 Å². The maximum Gasteiger partial charge on any atom is 0.220 e. The van der Waals surface area contributed by atoms with Crippen LogP contribution in [0.5, 0.6) is 0 Å². The highest BCUT2D eigenvalue weighted by atomic mass is 16.7. The molecule has 0 aromatic rings. The van der Waals surface area contributed by atoms with Gasteiger partial charge >= 0.3 is 0 Å². The first-order valence-electron chi connectivity index (χ1n) is 26.0. The lowest BCUT2D eigenvalue weighted by Gasteiger charge is -2.46. The summed E-state index contributed by atoms with van der Waals surface area (Å²) in [5.74, 6) is -0.297. The molecule has 2 heterocycles. The minimum atomic E-state index is -1.80. The summed E-state index contributed by atoms with van der Waals surface area (Å²) in [6.45, 7) is 2.59. The van der Waals surface area contributed by atoms with Gasteiger partial charge in [0.1, 0.15) is 48.8 Å². The Kier molecular flexibility index (Phi) is 36.4. The topological polar surface area (TPSA) is 228 Å². The lowest BCUT2D eigenvalue weighted by atomic mass is 9.97. The van der Waals surface area contributed by atoms with Gasteiger partial charge in [-0.05, 0) is 83.5 Å². The molecule has 2 aliphatic heterocycles. The second-order valence-corrected chi connectivity index (χ2v) is 17.9. The summed E-state index contributed by atoms with van der Waals surface area (Å²) < 4.78 is 22.6. The Morgan fingerprint density at radius 2 is 1.01 bits per heavy atom. The Bertz CT molecular complexity index is 1520. The summed E-state index contributed by atoms with van der Waals surface area (Å²) in [7, 11) is 0. The standard InChI is InChI=1S/C55H91NO13/c1-3-5-7-9-11-13-15-17-19-20-21-22-23-24-25-27-29-31-33-35-37-39-47(60)56-43(44(59)38-36-34-32-30-28-26-18-16-14-12-10-8-6-4-2)42-66-54-52(65)50(63)53(46(41-58)68-54)69-55-51(64)49(62)48(61)45(40-57)67-55/h5,7,11,13,17,19,21-22,24-25,28-31,36,38,43-46,48-55,57-59,61-65H,3-4,6,8-10,12,14-16,18,20,23,26-27,32-35,37,39-42H2,1-2H3,(H,56,60)/b7-5-,13-11-,19-17-,22-21-,25-24-,30-28+,31-29-,38-36+. The predicted octanol–water partition coefficient (Wildman–Crippen LogP) is 7.15. The number of carbonyl (C=O) groups excluding carboxylic acids is 1. The Morgan fingerprint density at radius 3 is 1.59 bits per heavy atom. The molecule has 1 amide bonds. The molecule has 0 aliphatic carbocycles. The predicted molar refractivity (Wildman–Crippen MR) is 272 cm³/mol. The van der Waals surface area contributed by atoms with Crippen molar-refractivity contribution >= 4 is 5.91 Å². The van der Waals surface area contributed by atoms with Crippen LogP contribution in [0, 0.1) is 0 Å². The molecule has 2 fully saturated rings. The molecule has 2 aliphatic rings. The van der Waals surface area contributed by atoms with E-state index in [1.807, 2.05) is 6.08 Å². The van der Waals surface area contributed by atoms with Gasteiger partial charge in [0.15, 0.2) is 12.6 Å². The molecule has 14 heteroatoms. The van der Waals surface area contributed by atoms with Crippen molar-refractivity contribution in [3.05, 3.63) is 97.2 Å². The van der Waals surface area contributed by atoms with Crippen LogP contribution in [0.15, 0.2) is 97.2 Å². The molecule has 0 saturated carbocycles. The van der Waals surface area contributed by atoms with Crippen LogP contribution in [-0.4, -0.2) is 140 Å². The fraction of sp³-hybridized carbons (Fsp3) is 0.691. The van der Waals surface area contributed by atoms with Crippen LogP contribution < -0.4 is 5.32 Å². The number of aliphatic hydroxyl groups excluding tert-OH is 8. The summed E-state index contributed by atoms with van der Waals surface area (Å²) in [6.07, 6.45) is 37.3. The minimum absolute atomic E-state index is 0.212. The molecule has 394 valence electrons. The van der Waals surface area contributed by atoms with Crippen LogP contribution in [0.3, 0.4) is 0 Å². The number of unbranched alkanes of at least 4 members (excludes halogenated alkanes) is 11. The highest BCUT2D eigenvalue weighted by molar-refractivity contribution is 5.76. The third-order valence-corrected chi connectivity index (χ3v) is 12.0. The second kappa shape index (κ2) is 40.5. The molecule has 0 radical (unpaired) electrons.